The topological polar surface area (TPSA) is 3.24 Å². The van der Waals surface area contributed by atoms with Crippen LogP contribution in [0.1, 0.15) is 64.4 Å². The first kappa shape index (κ1) is 16.5. The van der Waals surface area contributed by atoms with Crippen molar-refractivity contribution < 1.29 is 0 Å². The van der Waals surface area contributed by atoms with E-state index >= 15 is 0 Å². The molecule has 1 heteroatoms. The van der Waals surface area contributed by atoms with Crippen molar-refractivity contribution in [3.8, 4) is 0 Å². The summed E-state index contributed by atoms with van der Waals surface area (Å²) in [6, 6.07) is 11.9. The Hall–Kier alpha value is -0.820. The Morgan fingerprint density at radius 1 is 1.05 bits per heavy atom. The molecule has 1 fully saturated rings. The third kappa shape index (κ3) is 5.47. The van der Waals surface area contributed by atoms with Crippen LogP contribution in [-0.4, -0.2) is 24.0 Å². The number of likely N-dealkylation sites (tertiary alicyclic amines) is 1. The predicted octanol–water partition coefficient (Wildman–Crippen LogP) is 5.30. The van der Waals surface area contributed by atoms with E-state index in [0.29, 0.717) is 0 Å². The number of hydrogen-bond donors (Lipinski definition) is 0. The lowest BCUT2D eigenvalue weighted by Crippen LogP contribution is -2.41. The summed E-state index contributed by atoms with van der Waals surface area (Å²) >= 11 is 0. The van der Waals surface area contributed by atoms with Gasteiger partial charge in [0.15, 0.2) is 0 Å². The van der Waals surface area contributed by atoms with E-state index in [4.69, 9.17) is 0 Å². The molecular formula is C20H33N. The van der Waals surface area contributed by atoms with E-state index in [0.717, 1.165) is 12.0 Å². The van der Waals surface area contributed by atoms with Crippen LogP contribution in [0.3, 0.4) is 0 Å². The smallest absolute Gasteiger partial charge is 0.00926 e. The van der Waals surface area contributed by atoms with Crippen LogP contribution >= 0.6 is 0 Å². The summed E-state index contributed by atoms with van der Waals surface area (Å²) in [5.74, 6) is 0.900. The Labute approximate surface area is 131 Å². The lowest BCUT2D eigenvalue weighted by Gasteiger charge is -2.37. The number of benzene rings is 1. The molecule has 1 heterocycles. The van der Waals surface area contributed by atoms with Crippen molar-refractivity contribution in [2.75, 3.05) is 13.1 Å². The molecule has 2 rings (SSSR count). The van der Waals surface area contributed by atoms with Gasteiger partial charge in [-0.25, -0.2) is 0 Å². The Bertz CT molecular complexity index is 365. The van der Waals surface area contributed by atoms with Gasteiger partial charge >= 0.3 is 0 Å². The van der Waals surface area contributed by atoms with Gasteiger partial charge < -0.3 is 4.90 Å². The Kier molecular flexibility index (Phi) is 7.29. The van der Waals surface area contributed by atoms with E-state index in [-0.39, 0.29) is 0 Å². The van der Waals surface area contributed by atoms with Crippen molar-refractivity contribution in [2.45, 2.75) is 71.3 Å². The van der Waals surface area contributed by atoms with Gasteiger partial charge in [-0.15, -0.1) is 0 Å². The van der Waals surface area contributed by atoms with Gasteiger partial charge in [-0.3, -0.25) is 0 Å². The Balaban J connectivity index is 1.74. The largest absolute Gasteiger partial charge is 0.300 e. The van der Waals surface area contributed by atoms with Crippen molar-refractivity contribution in [3.63, 3.8) is 0 Å². The summed E-state index contributed by atoms with van der Waals surface area (Å²) < 4.78 is 0. The van der Waals surface area contributed by atoms with Gasteiger partial charge in [0, 0.05) is 6.04 Å². The van der Waals surface area contributed by atoms with Crippen LogP contribution in [0.25, 0.3) is 0 Å². The minimum absolute atomic E-state index is 0.842. The molecule has 118 valence electrons. The molecule has 0 amide bonds. The van der Waals surface area contributed by atoms with Crippen molar-refractivity contribution in [1.82, 2.24) is 4.90 Å². The van der Waals surface area contributed by atoms with E-state index in [2.05, 4.69) is 49.1 Å². The number of hydrogen-bond acceptors (Lipinski definition) is 1. The fourth-order valence-electron chi connectivity index (χ4n) is 3.74. The van der Waals surface area contributed by atoms with Crippen LogP contribution in [0, 0.1) is 5.92 Å². The Morgan fingerprint density at radius 3 is 2.38 bits per heavy atom. The molecule has 0 saturated carbocycles. The van der Waals surface area contributed by atoms with Gasteiger partial charge in [0.05, 0.1) is 0 Å². The second-order valence-electron chi connectivity index (χ2n) is 6.73. The maximum Gasteiger partial charge on any atom is 0.00926 e. The van der Waals surface area contributed by atoms with Gasteiger partial charge in [-0.2, -0.15) is 0 Å². The summed E-state index contributed by atoms with van der Waals surface area (Å²) in [7, 11) is 0. The van der Waals surface area contributed by atoms with E-state index in [9.17, 15) is 0 Å². The summed E-state index contributed by atoms with van der Waals surface area (Å²) in [5.41, 5.74) is 1.52. The zero-order chi connectivity index (χ0) is 14.9. The summed E-state index contributed by atoms with van der Waals surface area (Å²) in [5, 5.41) is 0. The summed E-state index contributed by atoms with van der Waals surface area (Å²) in [6.45, 7) is 7.31. The molecule has 0 radical (unpaired) electrons. The molecule has 1 saturated heterocycles. The van der Waals surface area contributed by atoms with Crippen molar-refractivity contribution in [3.05, 3.63) is 35.9 Å². The number of piperidine rings is 1. The molecule has 0 aromatic heterocycles. The normalized spacial score (nSPS) is 18.8. The van der Waals surface area contributed by atoms with Crippen molar-refractivity contribution in [1.29, 1.82) is 0 Å². The summed E-state index contributed by atoms with van der Waals surface area (Å²) in [6.07, 6.45) is 11.0. The molecule has 21 heavy (non-hydrogen) atoms. The fraction of sp³-hybridized carbons (Fsp3) is 0.700. The number of nitrogens with zero attached hydrogens (tertiary/aromatic N) is 1. The van der Waals surface area contributed by atoms with Gasteiger partial charge in [0.2, 0.25) is 0 Å². The first-order valence-electron chi connectivity index (χ1n) is 9.11. The highest BCUT2D eigenvalue weighted by Gasteiger charge is 2.23. The predicted molar refractivity (Wildman–Crippen MR) is 92.7 cm³/mol. The number of rotatable bonds is 8. The molecular weight excluding hydrogens is 254 g/mol. The van der Waals surface area contributed by atoms with Crippen LogP contribution in [0.2, 0.25) is 0 Å². The maximum atomic E-state index is 2.77. The lowest BCUT2D eigenvalue weighted by molar-refractivity contribution is 0.121. The zero-order valence-corrected chi connectivity index (χ0v) is 14.1. The molecule has 1 aliphatic heterocycles. The van der Waals surface area contributed by atoms with Crippen LogP contribution < -0.4 is 0 Å². The third-order valence-electron chi connectivity index (χ3n) is 5.14. The SMILES string of the molecule is CCCCCC(CC)N1CCC(Cc2ccccc2)CC1. The molecule has 1 atom stereocenters. The van der Waals surface area contributed by atoms with Crippen molar-refractivity contribution >= 4 is 0 Å². The molecule has 1 unspecified atom stereocenters. The molecule has 0 bridgehead atoms. The quantitative estimate of drug-likeness (QED) is 0.586. The van der Waals surface area contributed by atoms with Gasteiger partial charge in [-0.1, -0.05) is 63.4 Å². The molecule has 1 nitrogen and oxygen atoms in total. The number of unbranched alkanes of at least 4 members (excludes halogenated alkanes) is 2. The Morgan fingerprint density at radius 2 is 1.76 bits per heavy atom. The van der Waals surface area contributed by atoms with Gasteiger partial charge in [0.1, 0.15) is 0 Å². The fourth-order valence-corrected chi connectivity index (χ4v) is 3.74. The van der Waals surface area contributed by atoms with E-state index in [1.54, 1.807) is 0 Å². The molecule has 0 spiro atoms. The van der Waals surface area contributed by atoms with Gasteiger partial charge in [0.25, 0.3) is 0 Å². The molecule has 1 aromatic rings. The molecule has 1 aliphatic rings. The second-order valence-corrected chi connectivity index (χ2v) is 6.73. The minimum Gasteiger partial charge on any atom is -0.300 e. The van der Waals surface area contributed by atoms with Crippen LogP contribution in [-0.2, 0) is 6.42 Å². The van der Waals surface area contributed by atoms with Crippen LogP contribution in [0.5, 0.6) is 0 Å². The first-order valence-corrected chi connectivity index (χ1v) is 9.11. The standard InChI is InChI=1S/C20H33N/c1-3-5-7-12-20(4-2)21-15-13-19(14-16-21)17-18-10-8-6-9-11-18/h6,8-11,19-20H,3-5,7,12-17H2,1-2H3. The van der Waals surface area contributed by atoms with Crippen LogP contribution in [0.4, 0.5) is 0 Å². The zero-order valence-electron chi connectivity index (χ0n) is 14.1. The molecule has 1 aromatic carbocycles. The maximum absolute atomic E-state index is 2.77. The third-order valence-corrected chi connectivity index (χ3v) is 5.14. The van der Waals surface area contributed by atoms with E-state index in [1.165, 1.54) is 70.0 Å². The lowest BCUT2D eigenvalue weighted by atomic mass is 9.89. The second kappa shape index (κ2) is 9.25. The molecule has 0 N–H and O–H groups in total. The first-order chi connectivity index (χ1) is 10.3. The van der Waals surface area contributed by atoms with Gasteiger partial charge in [-0.05, 0) is 56.7 Å². The van der Waals surface area contributed by atoms with E-state index in [1.807, 2.05) is 0 Å². The minimum atomic E-state index is 0.842. The average molecular weight is 287 g/mol. The summed E-state index contributed by atoms with van der Waals surface area (Å²) in [4.78, 5) is 2.77. The molecule has 0 aliphatic carbocycles. The highest BCUT2D eigenvalue weighted by molar-refractivity contribution is 5.15. The van der Waals surface area contributed by atoms with Crippen LogP contribution in [0.15, 0.2) is 30.3 Å². The highest BCUT2D eigenvalue weighted by atomic mass is 15.2. The van der Waals surface area contributed by atoms with E-state index < -0.39 is 0 Å². The van der Waals surface area contributed by atoms with Crippen molar-refractivity contribution in [2.24, 2.45) is 5.92 Å². The monoisotopic (exact) mass is 287 g/mol. The average Bonchev–Trinajstić information content (AvgIpc) is 2.54. The highest BCUT2D eigenvalue weighted by Crippen LogP contribution is 2.25.